The molecule has 1 unspecified atom stereocenters. The molecule has 162 valence electrons. The lowest BCUT2D eigenvalue weighted by Gasteiger charge is -2.28. The molecule has 0 aromatic heterocycles. The summed E-state index contributed by atoms with van der Waals surface area (Å²) in [6.45, 7) is 2.83. The average molecular weight is 421 g/mol. The maximum absolute atomic E-state index is 11.5. The van der Waals surface area contributed by atoms with Gasteiger partial charge >= 0.3 is 0 Å². The van der Waals surface area contributed by atoms with Gasteiger partial charge in [0.1, 0.15) is 18.5 Å². The quantitative estimate of drug-likeness (QED) is 0.586. The fraction of sp³-hybridized carbons (Fsp3) is 0.320. The standard InChI is InChI=1S/C25H28N2O4/c1-30-16-18-6-8-19(9-7-18)24-13-22(12-20-4-2-3-5-23(20)24)31-17-21(28)14-27-11-10-26-25(29)15-27/h2-9,12-13,21,28H,10-11,14-17H2,1H3,(H,26,29). The summed E-state index contributed by atoms with van der Waals surface area (Å²) >= 11 is 0. The Morgan fingerprint density at radius 2 is 1.94 bits per heavy atom. The van der Waals surface area contributed by atoms with Gasteiger partial charge in [-0.15, -0.1) is 0 Å². The van der Waals surface area contributed by atoms with Crippen molar-refractivity contribution >= 4 is 16.7 Å². The number of piperazine rings is 1. The van der Waals surface area contributed by atoms with Gasteiger partial charge in [-0.25, -0.2) is 0 Å². The first-order valence-corrected chi connectivity index (χ1v) is 10.5. The predicted octanol–water partition coefficient (Wildman–Crippen LogP) is 2.82. The van der Waals surface area contributed by atoms with Crippen LogP contribution in [0, 0.1) is 0 Å². The van der Waals surface area contributed by atoms with Crippen LogP contribution in [0.1, 0.15) is 5.56 Å². The fourth-order valence-electron chi connectivity index (χ4n) is 3.94. The summed E-state index contributed by atoms with van der Waals surface area (Å²) in [7, 11) is 1.69. The van der Waals surface area contributed by atoms with Gasteiger partial charge in [-0.1, -0.05) is 48.5 Å². The van der Waals surface area contributed by atoms with E-state index in [0.29, 0.717) is 32.0 Å². The zero-order valence-electron chi connectivity index (χ0n) is 17.7. The van der Waals surface area contributed by atoms with E-state index in [4.69, 9.17) is 9.47 Å². The smallest absolute Gasteiger partial charge is 0.234 e. The normalized spacial score (nSPS) is 15.6. The maximum Gasteiger partial charge on any atom is 0.234 e. The molecule has 3 aromatic rings. The summed E-state index contributed by atoms with van der Waals surface area (Å²) in [5.74, 6) is 0.708. The van der Waals surface area contributed by atoms with Crippen molar-refractivity contribution in [3.8, 4) is 16.9 Å². The van der Waals surface area contributed by atoms with E-state index in [0.717, 1.165) is 34.0 Å². The van der Waals surface area contributed by atoms with E-state index >= 15 is 0 Å². The third kappa shape index (κ3) is 5.41. The molecule has 1 saturated heterocycles. The number of rotatable bonds is 8. The number of aliphatic hydroxyl groups is 1. The molecule has 1 fully saturated rings. The third-order valence-electron chi connectivity index (χ3n) is 5.44. The van der Waals surface area contributed by atoms with E-state index < -0.39 is 6.10 Å². The Bertz CT molecular complexity index is 1040. The van der Waals surface area contributed by atoms with E-state index in [9.17, 15) is 9.90 Å². The highest BCUT2D eigenvalue weighted by Crippen LogP contribution is 2.33. The molecule has 6 nitrogen and oxygen atoms in total. The SMILES string of the molecule is COCc1ccc(-c2cc(OCC(O)CN3CCNC(=O)C3)cc3ccccc23)cc1. The Morgan fingerprint density at radius 3 is 2.71 bits per heavy atom. The molecular weight excluding hydrogens is 392 g/mol. The lowest BCUT2D eigenvalue weighted by Crippen LogP contribution is -2.50. The molecule has 1 atom stereocenters. The Labute approximate surface area is 182 Å². The van der Waals surface area contributed by atoms with Crippen molar-refractivity contribution in [3.05, 3.63) is 66.2 Å². The van der Waals surface area contributed by atoms with Gasteiger partial charge in [-0.2, -0.15) is 0 Å². The molecule has 1 aliphatic rings. The molecule has 0 bridgehead atoms. The minimum Gasteiger partial charge on any atom is -0.491 e. The van der Waals surface area contributed by atoms with Crippen LogP contribution in [-0.2, 0) is 16.1 Å². The van der Waals surface area contributed by atoms with Crippen molar-refractivity contribution in [1.82, 2.24) is 10.2 Å². The summed E-state index contributed by atoms with van der Waals surface area (Å²) in [4.78, 5) is 13.5. The molecule has 0 saturated carbocycles. The number of hydrogen-bond donors (Lipinski definition) is 2. The van der Waals surface area contributed by atoms with E-state index in [2.05, 4.69) is 41.7 Å². The lowest BCUT2D eigenvalue weighted by atomic mass is 9.97. The minimum absolute atomic E-state index is 0.00458. The van der Waals surface area contributed by atoms with Crippen LogP contribution in [0.15, 0.2) is 60.7 Å². The number of carbonyl (C=O) groups is 1. The second kappa shape index (κ2) is 9.92. The Kier molecular flexibility index (Phi) is 6.82. The Balaban J connectivity index is 1.51. The number of hydrogen-bond acceptors (Lipinski definition) is 5. The van der Waals surface area contributed by atoms with Crippen molar-refractivity contribution in [2.24, 2.45) is 0 Å². The van der Waals surface area contributed by atoms with Gasteiger partial charge in [0, 0.05) is 26.7 Å². The highest BCUT2D eigenvalue weighted by atomic mass is 16.5. The molecular formula is C25H28N2O4. The van der Waals surface area contributed by atoms with Gasteiger partial charge < -0.3 is 19.9 Å². The van der Waals surface area contributed by atoms with E-state index in [1.54, 1.807) is 7.11 Å². The minimum atomic E-state index is -0.672. The molecule has 1 heterocycles. The molecule has 1 amide bonds. The van der Waals surface area contributed by atoms with Crippen LogP contribution >= 0.6 is 0 Å². The second-order valence-electron chi connectivity index (χ2n) is 7.87. The molecule has 31 heavy (non-hydrogen) atoms. The van der Waals surface area contributed by atoms with Crippen LogP contribution in [0.4, 0.5) is 0 Å². The molecule has 2 N–H and O–H groups in total. The summed E-state index contributed by atoms with van der Waals surface area (Å²) in [6, 6.07) is 20.6. The molecule has 6 heteroatoms. The van der Waals surface area contributed by atoms with E-state index in [1.807, 2.05) is 29.2 Å². The Hall–Kier alpha value is -2.93. The number of aliphatic hydroxyl groups excluding tert-OH is 1. The number of nitrogens with zero attached hydrogens (tertiary/aromatic N) is 1. The lowest BCUT2D eigenvalue weighted by molar-refractivity contribution is -0.124. The number of fused-ring (bicyclic) bond motifs is 1. The van der Waals surface area contributed by atoms with Gasteiger partial charge in [0.15, 0.2) is 0 Å². The van der Waals surface area contributed by atoms with Crippen molar-refractivity contribution in [2.75, 3.05) is 39.9 Å². The number of β-amino-alcohol motifs (C(OH)–C–C–N with tert-alkyl or cyclic N) is 1. The topological polar surface area (TPSA) is 71.0 Å². The molecule has 0 aliphatic carbocycles. The van der Waals surface area contributed by atoms with Crippen LogP contribution in [0.5, 0.6) is 5.75 Å². The van der Waals surface area contributed by atoms with E-state index in [-0.39, 0.29) is 12.5 Å². The number of amides is 1. The van der Waals surface area contributed by atoms with Crippen LogP contribution in [0.25, 0.3) is 21.9 Å². The average Bonchev–Trinajstić information content (AvgIpc) is 2.78. The summed E-state index contributed by atoms with van der Waals surface area (Å²) in [6.07, 6.45) is -0.672. The van der Waals surface area contributed by atoms with Crippen molar-refractivity contribution in [3.63, 3.8) is 0 Å². The largest absolute Gasteiger partial charge is 0.491 e. The van der Waals surface area contributed by atoms with Gasteiger partial charge in [0.25, 0.3) is 0 Å². The molecule has 3 aromatic carbocycles. The highest BCUT2D eigenvalue weighted by Gasteiger charge is 2.19. The van der Waals surface area contributed by atoms with Crippen LogP contribution in [-0.4, -0.2) is 61.9 Å². The zero-order chi connectivity index (χ0) is 21.6. The van der Waals surface area contributed by atoms with Crippen molar-refractivity contribution in [2.45, 2.75) is 12.7 Å². The highest BCUT2D eigenvalue weighted by molar-refractivity contribution is 5.97. The van der Waals surface area contributed by atoms with Crippen LogP contribution < -0.4 is 10.1 Å². The van der Waals surface area contributed by atoms with Crippen LogP contribution in [0.3, 0.4) is 0 Å². The first-order chi connectivity index (χ1) is 15.1. The molecule has 4 rings (SSSR count). The number of carbonyl (C=O) groups excluding carboxylic acids is 1. The first-order valence-electron chi connectivity index (χ1n) is 10.5. The number of methoxy groups -OCH3 is 1. The maximum atomic E-state index is 11.5. The number of nitrogens with one attached hydrogen (secondary N) is 1. The molecule has 1 aliphatic heterocycles. The van der Waals surface area contributed by atoms with Gasteiger partial charge in [0.05, 0.1) is 13.2 Å². The zero-order valence-corrected chi connectivity index (χ0v) is 17.7. The number of ether oxygens (including phenoxy) is 2. The summed E-state index contributed by atoms with van der Waals surface area (Å²) in [5, 5.41) is 15.4. The fourth-order valence-corrected chi connectivity index (χ4v) is 3.94. The predicted molar refractivity (Wildman–Crippen MR) is 121 cm³/mol. The van der Waals surface area contributed by atoms with Crippen LogP contribution in [0.2, 0.25) is 0 Å². The summed E-state index contributed by atoms with van der Waals surface area (Å²) < 4.78 is 11.2. The van der Waals surface area contributed by atoms with Crippen molar-refractivity contribution in [1.29, 1.82) is 0 Å². The monoisotopic (exact) mass is 420 g/mol. The van der Waals surface area contributed by atoms with Gasteiger partial charge in [0.2, 0.25) is 5.91 Å². The van der Waals surface area contributed by atoms with Crippen molar-refractivity contribution < 1.29 is 19.4 Å². The van der Waals surface area contributed by atoms with Gasteiger partial charge in [-0.05, 0) is 39.6 Å². The number of benzene rings is 3. The van der Waals surface area contributed by atoms with Gasteiger partial charge in [-0.3, -0.25) is 9.69 Å². The van der Waals surface area contributed by atoms with E-state index in [1.165, 1.54) is 0 Å². The summed E-state index contributed by atoms with van der Waals surface area (Å²) in [5.41, 5.74) is 3.30. The molecule has 0 radical (unpaired) electrons. The molecule has 0 spiro atoms. The second-order valence-corrected chi connectivity index (χ2v) is 7.87. The first kappa shape index (κ1) is 21.3. The third-order valence-corrected chi connectivity index (χ3v) is 5.44. The Morgan fingerprint density at radius 1 is 1.13 bits per heavy atom.